The summed E-state index contributed by atoms with van der Waals surface area (Å²) in [7, 11) is 0. The first kappa shape index (κ1) is 26.6. The molecular formula is C25H36ClFO5. The predicted octanol–water partition coefficient (Wildman–Crippen LogP) is 5.26. The number of rotatable bonds is 13. The lowest BCUT2D eigenvalue weighted by Gasteiger charge is -2.24. The van der Waals surface area contributed by atoms with Gasteiger partial charge < -0.3 is 19.7 Å². The van der Waals surface area contributed by atoms with E-state index in [1.165, 1.54) is 0 Å². The van der Waals surface area contributed by atoms with Gasteiger partial charge >= 0.3 is 5.97 Å². The molecule has 0 heterocycles. The van der Waals surface area contributed by atoms with E-state index in [2.05, 4.69) is 0 Å². The van der Waals surface area contributed by atoms with E-state index in [-0.39, 0.29) is 36.9 Å². The van der Waals surface area contributed by atoms with Crippen LogP contribution in [0.4, 0.5) is 4.39 Å². The second-order valence-electron chi connectivity index (χ2n) is 8.77. The number of aliphatic hydroxyl groups is 2. The van der Waals surface area contributed by atoms with Crippen molar-refractivity contribution in [2.75, 3.05) is 6.61 Å². The summed E-state index contributed by atoms with van der Waals surface area (Å²) in [6.07, 6.45) is 4.97. The van der Waals surface area contributed by atoms with Gasteiger partial charge in [0.25, 0.3) is 0 Å². The lowest BCUT2D eigenvalue weighted by atomic mass is 9.85. The fourth-order valence-electron chi connectivity index (χ4n) is 4.23. The van der Waals surface area contributed by atoms with E-state index in [0.717, 1.165) is 6.42 Å². The highest BCUT2D eigenvalue weighted by Gasteiger charge is 2.40. The van der Waals surface area contributed by atoms with Crippen LogP contribution >= 0.6 is 11.6 Å². The number of ether oxygens (including phenoxy) is 2. The second-order valence-corrected chi connectivity index (χ2v) is 9.20. The van der Waals surface area contributed by atoms with E-state index in [0.29, 0.717) is 42.9 Å². The molecular weight excluding hydrogens is 435 g/mol. The first-order chi connectivity index (χ1) is 15.3. The smallest absolute Gasteiger partial charge is 0.306 e. The molecule has 0 bridgehead atoms. The molecule has 1 fully saturated rings. The zero-order chi connectivity index (χ0) is 23.5. The normalized spacial score (nSPS) is 24.2. The Morgan fingerprint density at radius 2 is 1.88 bits per heavy atom. The summed E-state index contributed by atoms with van der Waals surface area (Å²) in [6.45, 7) is 3.57. The van der Waals surface area contributed by atoms with Gasteiger partial charge in [-0.05, 0) is 82.4 Å². The molecule has 1 aliphatic rings. The molecule has 0 spiro atoms. The molecule has 1 aromatic rings. The minimum Gasteiger partial charge on any atom is -0.491 e. The van der Waals surface area contributed by atoms with E-state index >= 15 is 0 Å². The van der Waals surface area contributed by atoms with Crippen molar-refractivity contribution >= 4 is 17.6 Å². The van der Waals surface area contributed by atoms with Crippen LogP contribution in [-0.2, 0) is 9.53 Å². The molecule has 0 unspecified atom stereocenters. The van der Waals surface area contributed by atoms with E-state index in [9.17, 15) is 19.4 Å². The number of hydrogen-bond acceptors (Lipinski definition) is 5. The summed E-state index contributed by atoms with van der Waals surface area (Å²) in [5.74, 6) is 0.114. The van der Waals surface area contributed by atoms with Crippen molar-refractivity contribution in [2.24, 2.45) is 11.8 Å². The minimum absolute atomic E-state index is 0.0680. The van der Waals surface area contributed by atoms with Crippen LogP contribution in [0.25, 0.3) is 0 Å². The maximum absolute atomic E-state index is 14.4. The molecule has 5 atom stereocenters. The molecule has 1 saturated carbocycles. The first-order valence-electron chi connectivity index (χ1n) is 11.5. The van der Waals surface area contributed by atoms with Gasteiger partial charge in [0.05, 0.1) is 18.3 Å². The maximum atomic E-state index is 14.4. The molecule has 0 aliphatic heterocycles. The molecule has 0 aromatic heterocycles. The van der Waals surface area contributed by atoms with Gasteiger partial charge in [-0.1, -0.05) is 29.8 Å². The third-order valence-corrected chi connectivity index (χ3v) is 6.01. The van der Waals surface area contributed by atoms with Crippen LogP contribution in [0.15, 0.2) is 36.4 Å². The standard InChI is InChI=1S/C25H36ClFO5/c1-17(2)32-25(30)11-6-4-3-5-10-21-22(24(29)15-23(21)28)13-12-19(27)16-31-20-9-7-8-18(26)14-20/h3-4,7-9,14,17,19,21-24,28-29H,5-6,10-13,15-16H2,1-2H3/b4-3-/t19-,21-,22-,23+,24-/m1/s1. The molecule has 5 nitrogen and oxygen atoms in total. The Balaban J connectivity index is 1.71. The molecule has 0 saturated heterocycles. The van der Waals surface area contributed by atoms with Crippen LogP contribution in [0.3, 0.4) is 0 Å². The number of aliphatic hydroxyl groups excluding tert-OH is 2. The van der Waals surface area contributed by atoms with Crippen molar-refractivity contribution in [2.45, 2.75) is 83.3 Å². The number of carbonyl (C=O) groups excluding carboxylic acids is 1. The Hall–Kier alpha value is -1.63. The Morgan fingerprint density at radius 3 is 2.56 bits per heavy atom. The van der Waals surface area contributed by atoms with Crippen LogP contribution in [0.2, 0.25) is 5.02 Å². The zero-order valence-electron chi connectivity index (χ0n) is 19.0. The van der Waals surface area contributed by atoms with E-state index in [1.807, 2.05) is 26.0 Å². The van der Waals surface area contributed by atoms with Gasteiger partial charge in [-0.2, -0.15) is 0 Å². The van der Waals surface area contributed by atoms with E-state index < -0.39 is 18.4 Å². The van der Waals surface area contributed by atoms with Gasteiger partial charge in [-0.3, -0.25) is 4.79 Å². The van der Waals surface area contributed by atoms with Crippen LogP contribution in [0.1, 0.15) is 58.8 Å². The summed E-state index contributed by atoms with van der Waals surface area (Å²) in [6, 6.07) is 6.84. The van der Waals surface area contributed by atoms with Gasteiger partial charge in [0.2, 0.25) is 0 Å². The van der Waals surface area contributed by atoms with Crippen LogP contribution in [-0.4, -0.2) is 47.3 Å². The largest absolute Gasteiger partial charge is 0.491 e. The van der Waals surface area contributed by atoms with Crippen LogP contribution in [0.5, 0.6) is 5.75 Å². The summed E-state index contributed by atoms with van der Waals surface area (Å²) >= 11 is 5.90. The van der Waals surface area contributed by atoms with Gasteiger partial charge in [-0.15, -0.1) is 0 Å². The van der Waals surface area contributed by atoms with Crippen LogP contribution < -0.4 is 4.74 Å². The lowest BCUT2D eigenvalue weighted by Crippen LogP contribution is -2.24. The van der Waals surface area contributed by atoms with Crippen molar-refractivity contribution in [3.05, 3.63) is 41.4 Å². The number of halogens is 2. The van der Waals surface area contributed by atoms with Gasteiger partial charge in [0, 0.05) is 11.4 Å². The van der Waals surface area contributed by atoms with Gasteiger partial charge in [0.1, 0.15) is 18.5 Å². The maximum Gasteiger partial charge on any atom is 0.306 e. The number of alkyl halides is 1. The summed E-state index contributed by atoms with van der Waals surface area (Å²) in [4.78, 5) is 11.5. The Bertz CT molecular complexity index is 726. The molecule has 2 rings (SSSR count). The molecule has 1 aromatic carbocycles. The first-order valence-corrected chi connectivity index (χ1v) is 11.9. The molecule has 7 heteroatoms. The Labute approximate surface area is 195 Å². The van der Waals surface area contributed by atoms with Crippen LogP contribution in [0, 0.1) is 11.8 Å². The third kappa shape index (κ3) is 9.47. The molecule has 180 valence electrons. The second kappa shape index (κ2) is 13.8. The van der Waals surface area contributed by atoms with Crippen molar-refractivity contribution in [1.29, 1.82) is 0 Å². The van der Waals surface area contributed by atoms with E-state index in [4.69, 9.17) is 21.1 Å². The van der Waals surface area contributed by atoms with Crippen molar-refractivity contribution in [3.8, 4) is 5.75 Å². The average molecular weight is 471 g/mol. The Kier molecular flexibility index (Phi) is 11.5. The highest BCUT2D eigenvalue weighted by Crippen LogP contribution is 2.39. The number of benzene rings is 1. The molecule has 1 aliphatic carbocycles. The quantitative estimate of drug-likeness (QED) is 0.303. The highest BCUT2D eigenvalue weighted by molar-refractivity contribution is 6.30. The summed E-state index contributed by atoms with van der Waals surface area (Å²) in [5.41, 5.74) is 0. The van der Waals surface area contributed by atoms with Crippen molar-refractivity contribution in [3.63, 3.8) is 0 Å². The number of esters is 1. The summed E-state index contributed by atoms with van der Waals surface area (Å²) in [5, 5.41) is 21.2. The van der Waals surface area contributed by atoms with Gasteiger partial charge in [-0.25, -0.2) is 4.39 Å². The average Bonchev–Trinajstić information content (AvgIpc) is 2.99. The fraction of sp³-hybridized carbons (Fsp3) is 0.640. The molecule has 2 N–H and O–H groups in total. The number of allylic oxidation sites excluding steroid dienone is 2. The monoisotopic (exact) mass is 470 g/mol. The SMILES string of the molecule is CC(C)OC(=O)CC/C=C\CC[C@@H]1[C@@H](CC[C@@H](F)COc2cccc(Cl)c2)[C@H](O)C[C@@H]1O. The van der Waals surface area contributed by atoms with Crippen molar-refractivity contribution < 1.29 is 28.9 Å². The number of carbonyl (C=O) groups is 1. The zero-order valence-corrected chi connectivity index (χ0v) is 19.7. The summed E-state index contributed by atoms with van der Waals surface area (Å²) < 4.78 is 24.9. The lowest BCUT2D eigenvalue weighted by molar-refractivity contribution is -0.147. The Morgan fingerprint density at radius 1 is 1.19 bits per heavy atom. The molecule has 32 heavy (non-hydrogen) atoms. The van der Waals surface area contributed by atoms with E-state index in [1.54, 1.807) is 24.3 Å². The van der Waals surface area contributed by atoms with Gasteiger partial charge in [0.15, 0.2) is 0 Å². The molecule has 0 radical (unpaired) electrons. The number of hydrogen-bond donors (Lipinski definition) is 2. The highest BCUT2D eigenvalue weighted by atomic mass is 35.5. The predicted molar refractivity (Wildman–Crippen MR) is 124 cm³/mol. The topological polar surface area (TPSA) is 76.0 Å². The molecule has 0 amide bonds. The third-order valence-electron chi connectivity index (χ3n) is 5.78. The van der Waals surface area contributed by atoms with Crippen molar-refractivity contribution in [1.82, 2.24) is 0 Å². The minimum atomic E-state index is -1.16. The fourth-order valence-corrected chi connectivity index (χ4v) is 4.41.